The first kappa shape index (κ1) is 14.1. The summed E-state index contributed by atoms with van der Waals surface area (Å²) < 4.78 is 1.51. The first-order valence-electron chi connectivity index (χ1n) is 5.67. The van der Waals surface area contributed by atoms with E-state index in [2.05, 4.69) is 10.3 Å². The van der Waals surface area contributed by atoms with Gasteiger partial charge in [0.15, 0.2) is 0 Å². The normalized spacial score (nSPS) is 10.3. The van der Waals surface area contributed by atoms with Crippen LogP contribution in [0.4, 0.5) is 5.82 Å². The molecule has 8 heteroatoms. The van der Waals surface area contributed by atoms with Crippen LogP contribution in [-0.4, -0.2) is 38.6 Å². The van der Waals surface area contributed by atoms with Crippen molar-refractivity contribution in [1.29, 1.82) is 0 Å². The first-order chi connectivity index (χ1) is 8.63. The minimum Gasteiger partial charge on any atom is -0.396 e. The van der Waals surface area contributed by atoms with E-state index in [1.54, 1.807) is 0 Å². The van der Waals surface area contributed by atoms with Gasteiger partial charge in [0.25, 0.3) is 0 Å². The minimum atomic E-state index is -0.578. The first-order valence-corrected chi connectivity index (χ1v) is 5.67. The molecule has 0 aromatic carbocycles. The van der Waals surface area contributed by atoms with E-state index < -0.39 is 4.92 Å². The van der Waals surface area contributed by atoms with Gasteiger partial charge in [0, 0.05) is 26.1 Å². The van der Waals surface area contributed by atoms with Crippen LogP contribution in [0.5, 0.6) is 0 Å². The van der Waals surface area contributed by atoms with Crippen LogP contribution in [-0.2, 0) is 11.3 Å². The molecule has 0 aliphatic heterocycles. The highest BCUT2D eigenvalue weighted by atomic mass is 16.6. The summed E-state index contributed by atoms with van der Waals surface area (Å²) in [5.74, 6) is -0.345. The Labute approximate surface area is 104 Å². The third-order valence-corrected chi connectivity index (χ3v) is 2.31. The van der Waals surface area contributed by atoms with Gasteiger partial charge in [-0.25, -0.2) is 0 Å². The van der Waals surface area contributed by atoms with Crippen LogP contribution in [0, 0.1) is 10.1 Å². The fraction of sp³-hybridized carbons (Fsp3) is 0.600. The van der Waals surface area contributed by atoms with Crippen LogP contribution in [0.2, 0.25) is 0 Å². The van der Waals surface area contributed by atoms with Crippen molar-refractivity contribution in [3.8, 4) is 0 Å². The van der Waals surface area contributed by atoms with E-state index in [1.807, 2.05) is 0 Å². The largest absolute Gasteiger partial charge is 0.396 e. The predicted molar refractivity (Wildman–Crippen MR) is 62.8 cm³/mol. The molecule has 0 unspecified atom stereocenters. The highest BCUT2D eigenvalue weighted by Gasteiger charge is 2.10. The van der Waals surface area contributed by atoms with E-state index in [0.29, 0.717) is 19.5 Å². The minimum absolute atomic E-state index is 0.120. The molecule has 100 valence electrons. The summed E-state index contributed by atoms with van der Waals surface area (Å²) in [4.78, 5) is 24.8. The molecular formula is C10H16N4O4. The van der Waals surface area contributed by atoms with Crippen molar-refractivity contribution in [3.63, 3.8) is 0 Å². The van der Waals surface area contributed by atoms with Gasteiger partial charge in [-0.3, -0.25) is 4.79 Å². The number of amides is 1. The second-order valence-electron chi connectivity index (χ2n) is 3.76. The Balaban J connectivity index is 2.23. The predicted octanol–water partition coefficient (Wildman–Crippen LogP) is 0.0701. The lowest BCUT2D eigenvalue weighted by Gasteiger charge is -2.04. The molecule has 1 rings (SSSR count). The molecule has 2 N–H and O–H groups in total. The maximum atomic E-state index is 11.4. The highest BCUT2D eigenvalue weighted by molar-refractivity contribution is 5.75. The topological polar surface area (TPSA) is 110 Å². The Morgan fingerprint density at radius 3 is 2.94 bits per heavy atom. The fourth-order valence-electron chi connectivity index (χ4n) is 1.35. The second kappa shape index (κ2) is 7.38. The number of aliphatic hydroxyl groups is 1. The number of imidazole rings is 1. The molecule has 0 bridgehead atoms. The van der Waals surface area contributed by atoms with Crippen molar-refractivity contribution in [2.45, 2.75) is 25.8 Å². The van der Waals surface area contributed by atoms with Crippen molar-refractivity contribution >= 4 is 11.7 Å². The summed E-state index contributed by atoms with van der Waals surface area (Å²) in [5, 5.41) is 21.6. The van der Waals surface area contributed by atoms with Crippen molar-refractivity contribution in [2.24, 2.45) is 0 Å². The van der Waals surface area contributed by atoms with Gasteiger partial charge in [-0.05, 0) is 22.7 Å². The van der Waals surface area contributed by atoms with Gasteiger partial charge in [-0.15, -0.1) is 0 Å². The molecule has 1 aromatic rings. The highest BCUT2D eigenvalue weighted by Crippen LogP contribution is 2.05. The Morgan fingerprint density at radius 2 is 2.33 bits per heavy atom. The number of carbonyl (C=O) groups is 1. The number of nitrogens with one attached hydrogen (secondary N) is 1. The number of carbonyl (C=O) groups excluding carboxylic acids is 1. The Morgan fingerprint density at radius 1 is 1.56 bits per heavy atom. The van der Waals surface area contributed by atoms with Crippen molar-refractivity contribution in [2.75, 3.05) is 13.2 Å². The standard InChI is InChI=1S/C10H16N4O4/c15-6-2-1-4-11-10(16)3-5-13-7-9(12-8-13)14(17)18/h7-8,15H,1-6H2,(H,11,16). The zero-order chi connectivity index (χ0) is 13.4. The third-order valence-electron chi connectivity index (χ3n) is 2.31. The molecule has 18 heavy (non-hydrogen) atoms. The van der Waals surface area contributed by atoms with Gasteiger partial charge >= 0.3 is 5.82 Å². The SMILES string of the molecule is O=C(CCn1cnc([N+](=O)[O-])c1)NCCCCO. The van der Waals surface area contributed by atoms with Crippen molar-refractivity contribution in [1.82, 2.24) is 14.9 Å². The van der Waals surface area contributed by atoms with Gasteiger partial charge in [-0.2, -0.15) is 0 Å². The van der Waals surface area contributed by atoms with Gasteiger partial charge in [0.1, 0.15) is 6.20 Å². The molecule has 0 saturated carbocycles. The lowest BCUT2D eigenvalue weighted by Crippen LogP contribution is -2.25. The third kappa shape index (κ3) is 4.91. The summed E-state index contributed by atoms with van der Waals surface area (Å²) in [5.41, 5.74) is 0. The molecule has 1 aromatic heterocycles. The van der Waals surface area contributed by atoms with Crippen LogP contribution >= 0.6 is 0 Å². The molecule has 0 fully saturated rings. The van der Waals surface area contributed by atoms with Gasteiger partial charge in [-0.1, -0.05) is 0 Å². The van der Waals surface area contributed by atoms with Crippen LogP contribution < -0.4 is 5.32 Å². The van der Waals surface area contributed by atoms with Crippen LogP contribution in [0.3, 0.4) is 0 Å². The molecule has 0 atom stereocenters. The average molecular weight is 256 g/mol. The number of aromatic nitrogens is 2. The van der Waals surface area contributed by atoms with E-state index in [0.717, 1.165) is 6.42 Å². The maximum absolute atomic E-state index is 11.4. The number of rotatable bonds is 8. The Bertz CT molecular complexity index is 404. The lowest BCUT2D eigenvalue weighted by molar-refractivity contribution is -0.389. The van der Waals surface area contributed by atoms with Crippen molar-refractivity contribution < 1.29 is 14.8 Å². The van der Waals surface area contributed by atoms with E-state index in [-0.39, 0.29) is 24.8 Å². The fourth-order valence-corrected chi connectivity index (χ4v) is 1.35. The van der Waals surface area contributed by atoms with Gasteiger partial charge in [0.05, 0.1) is 0 Å². The quantitative estimate of drug-likeness (QED) is 0.388. The number of hydrogen-bond donors (Lipinski definition) is 2. The zero-order valence-corrected chi connectivity index (χ0v) is 9.91. The second-order valence-corrected chi connectivity index (χ2v) is 3.76. The summed E-state index contributed by atoms with van der Waals surface area (Å²) >= 11 is 0. The molecular weight excluding hydrogens is 240 g/mol. The van der Waals surface area contributed by atoms with Crippen LogP contribution in [0.25, 0.3) is 0 Å². The summed E-state index contributed by atoms with van der Waals surface area (Å²) in [7, 11) is 0. The van der Waals surface area contributed by atoms with E-state index in [1.165, 1.54) is 17.1 Å². The molecule has 0 aliphatic rings. The van der Waals surface area contributed by atoms with E-state index in [9.17, 15) is 14.9 Å². The maximum Gasteiger partial charge on any atom is 0.381 e. The molecule has 0 saturated heterocycles. The smallest absolute Gasteiger partial charge is 0.381 e. The van der Waals surface area contributed by atoms with Gasteiger partial charge < -0.3 is 25.1 Å². The molecule has 1 amide bonds. The van der Waals surface area contributed by atoms with E-state index >= 15 is 0 Å². The summed E-state index contributed by atoms with van der Waals surface area (Å²) in [6.07, 6.45) is 4.26. The molecule has 1 heterocycles. The van der Waals surface area contributed by atoms with E-state index in [4.69, 9.17) is 5.11 Å². The van der Waals surface area contributed by atoms with Crippen molar-refractivity contribution in [3.05, 3.63) is 22.6 Å². The Kier molecular flexibility index (Phi) is 5.78. The number of nitrogens with zero attached hydrogens (tertiary/aromatic N) is 3. The number of aliphatic hydroxyl groups excluding tert-OH is 1. The molecule has 0 radical (unpaired) electrons. The number of hydrogen-bond acceptors (Lipinski definition) is 5. The van der Waals surface area contributed by atoms with Crippen LogP contribution in [0.1, 0.15) is 19.3 Å². The number of unbranched alkanes of at least 4 members (excludes halogenated alkanes) is 1. The number of aryl methyl sites for hydroxylation is 1. The van der Waals surface area contributed by atoms with Crippen LogP contribution in [0.15, 0.2) is 12.5 Å². The Hall–Kier alpha value is -1.96. The molecule has 8 nitrogen and oxygen atoms in total. The number of nitro groups is 1. The average Bonchev–Trinajstić information content (AvgIpc) is 2.81. The molecule has 0 spiro atoms. The zero-order valence-electron chi connectivity index (χ0n) is 9.91. The van der Waals surface area contributed by atoms with Gasteiger partial charge in [0.2, 0.25) is 12.2 Å². The lowest BCUT2D eigenvalue weighted by atomic mass is 10.3. The monoisotopic (exact) mass is 256 g/mol. The summed E-state index contributed by atoms with van der Waals surface area (Å²) in [6, 6.07) is 0. The summed E-state index contributed by atoms with van der Waals surface area (Å²) in [6.45, 7) is 1.00. The molecule has 0 aliphatic carbocycles.